The lowest BCUT2D eigenvalue weighted by molar-refractivity contribution is -0.178. The largest absolute Gasteiger partial charge is 0.468 e. The highest BCUT2D eigenvalue weighted by Crippen LogP contribution is 2.52. The van der Waals surface area contributed by atoms with Gasteiger partial charge >= 0.3 is 5.97 Å². The molecule has 0 spiro atoms. The van der Waals surface area contributed by atoms with Gasteiger partial charge in [0, 0.05) is 24.6 Å². The Hall–Kier alpha value is -3.45. The number of benzene rings is 2. The first-order valence-corrected chi connectivity index (χ1v) is 14.0. The van der Waals surface area contributed by atoms with Crippen LogP contribution in [0.2, 0.25) is 0 Å². The molecule has 5 rings (SSSR count). The smallest absolute Gasteiger partial charge is 0.320 e. The van der Waals surface area contributed by atoms with E-state index in [1.54, 1.807) is 4.90 Å². The summed E-state index contributed by atoms with van der Waals surface area (Å²) in [5.41, 5.74) is 1.43. The van der Waals surface area contributed by atoms with Crippen LogP contribution in [0.3, 0.4) is 0 Å². The molecular weight excluding hydrogens is 492 g/mol. The summed E-state index contributed by atoms with van der Waals surface area (Å²) < 4.78 is 11.9. The van der Waals surface area contributed by atoms with Gasteiger partial charge < -0.3 is 19.7 Å². The number of methoxy groups -OCH3 is 1. The molecule has 1 aliphatic carbocycles. The third kappa shape index (κ3) is 5.50. The predicted molar refractivity (Wildman–Crippen MR) is 147 cm³/mol. The van der Waals surface area contributed by atoms with Crippen LogP contribution in [-0.4, -0.2) is 42.0 Å². The van der Waals surface area contributed by atoms with Gasteiger partial charge in [-0.1, -0.05) is 73.5 Å². The van der Waals surface area contributed by atoms with Crippen molar-refractivity contribution >= 4 is 17.8 Å². The van der Waals surface area contributed by atoms with Crippen LogP contribution in [0.5, 0.6) is 0 Å². The maximum Gasteiger partial charge on any atom is 0.320 e. The minimum atomic E-state index is -1.17. The average Bonchev–Trinajstić information content (AvgIpc) is 3.50. The fraction of sp³-hybridized carbons (Fsp3) is 0.469. The van der Waals surface area contributed by atoms with E-state index < -0.39 is 23.4 Å². The Morgan fingerprint density at radius 2 is 1.67 bits per heavy atom. The van der Waals surface area contributed by atoms with Gasteiger partial charge in [0.2, 0.25) is 11.8 Å². The fourth-order valence-electron chi connectivity index (χ4n) is 6.57. The molecule has 2 heterocycles. The highest BCUT2D eigenvalue weighted by Gasteiger charge is 2.60. The van der Waals surface area contributed by atoms with E-state index >= 15 is 0 Å². The molecule has 206 valence electrons. The van der Waals surface area contributed by atoms with Gasteiger partial charge in [-0.05, 0) is 49.3 Å². The summed E-state index contributed by atoms with van der Waals surface area (Å²) in [5, 5.41) is 2.94. The number of rotatable bonds is 8. The quantitative estimate of drug-likeness (QED) is 0.498. The first-order valence-electron chi connectivity index (χ1n) is 14.0. The molecule has 2 aliphatic heterocycles. The number of hydrogen-bond donors (Lipinski definition) is 1. The lowest BCUT2D eigenvalue weighted by Gasteiger charge is -2.52. The van der Waals surface area contributed by atoms with Crippen molar-refractivity contribution in [2.75, 3.05) is 7.11 Å². The van der Waals surface area contributed by atoms with Crippen molar-refractivity contribution in [3.8, 4) is 0 Å². The molecule has 0 unspecified atom stereocenters. The second-order valence-corrected chi connectivity index (χ2v) is 11.1. The SMILES string of the molecule is COC(=O)[C@]12C[C@H](CC(=O)NCc3ccccc3)C(=O)N(Cc3ccccc3)C1=C[C@H](C1CCCC1)O[C@@H]2C. The van der Waals surface area contributed by atoms with E-state index in [1.165, 1.54) is 7.11 Å². The van der Waals surface area contributed by atoms with E-state index in [0.717, 1.165) is 36.8 Å². The van der Waals surface area contributed by atoms with E-state index in [0.29, 0.717) is 24.7 Å². The van der Waals surface area contributed by atoms with E-state index in [-0.39, 0.29) is 30.8 Å². The number of nitrogens with zero attached hydrogens (tertiary/aromatic N) is 1. The first-order chi connectivity index (χ1) is 18.9. The van der Waals surface area contributed by atoms with Gasteiger partial charge in [0.1, 0.15) is 5.41 Å². The van der Waals surface area contributed by atoms with E-state index in [2.05, 4.69) is 5.32 Å². The molecule has 2 aromatic carbocycles. The van der Waals surface area contributed by atoms with Gasteiger partial charge in [0.05, 0.1) is 25.9 Å². The second-order valence-electron chi connectivity index (χ2n) is 11.1. The van der Waals surface area contributed by atoms with Crippen LogP contribution in [0.15, 0.2) is 72.4 Å². The number of hydrogen-bond acceptors (Lipinski definition) is 5. The maximum absolute atomic E-state index is 14.1. The van der Waals surface area contributed by atoms with Crippen LogP contribution >= 0.6 is 0 Å². The number of amides is 2. The summed E-state index contributed by atoms with van der Waals surface area (Å²) in [6.07, 6.45) is 5.98. The zero-order valence-corrected chi connectivity index (χ0v) is 22.8. The van der Waals surface area contributed by atoms with Gasteiger partial charge in [-0.15, -0.1) is 0 Å². The van der Waals surface area contributed by atoms with Gasteiger partial charge in [0.25, 0.3) is 0 Å². The van der Waals surface area contributed by atoms with E-state index in [9.17, 15) is 14.4 Å². The van der Waals surface area contributed by atoms with Crippen molar-refractivity contribution in [3.63, 3.8) is 0 Å². The molecule has 4 atom stereocenters. The molecule has 7 nitrogen and oxygen atoms in total. The molecule has 2 fully saturated rings. The van der Waals surface area contributed by atoms with Crippen LogP contribution in [0.4, 0.5) is 0 Å². The number of nitrogens with one attached hydrogen (secondary N) is 1. The molecule has 2 amide bonds. The van der Waals surface area contributed by atoms with Crippen molar-refractivity contribution < 1.29 is 23.9 Å². The standard InChI is InChI=1S/C32H38N2O5/c1-22-32(31(37)38-2)19-26(17-29(35)33-20-23-11-5-3-6-12-23)30(36)34(21-24-13-7-4-8-14-24)28(32)18-27(39-22)25-15-9-10-16-25/h3-8,11-14,18,22,25-27H,9-10,15-17,19-21H2,1-2H3,(H,33,35)/t22-,26+,27-,32+/m1/s1. The van der Waals surface area contributed by atoms with Gasteiger partial charge in [-0.3, -0.25) is 14.4 Å². The molecule has 1 N–H and O–H groups in total. The number of esters is 1. The van der Waals surface area contributed by atoms with Crippen LogP contribution in [0.1, 0.15) is 56.6 Å². The number of carbonyl (C=O) groups is 3. The maximum atomic E-state index is 14.1. The third-order valence-electron chi connectivity index (χ3n) is 8.67. The van der Waals surface area contributed by atoms with Gasteiger partial charge in [0.15, 0.2) is 0 Å². The van der Waals surface area contributed by atoms with Crippen molar-refractivity contribution in [1.29, 1.82) is 0 Å². The molecule has 1 saturated heterocycles. The van der Waals surface area contributed by atoms with Gasteiger partial charge in [-0.2, -0.15) is 0 Å². The summed E-state index contributed by atoms with van der Waals surface area (Å²) >= 11 is 0. The van der Waals surface area contributed by atoms with Gasteiger partial charge in [-0.25, -0.2) is 0 Å². The molecule has 3 aliphatic rings. The topological polar surface area (TPSA) is 84.9 Å². The molecular formula is C32H38N2O5. The van der Waals surface area contributed by atoms with E-state index in [4.69, 9.17) is 9.47 Å². The fourth-order valence-corrected chi connectivity index (χ4v) is 6.57. The molecule has 2 aromatic rings. The number of fused-ring (bicyclic) bond motifs is 1. The van der Waals surface area contributed by atoms with E-state index in [1.807, 2.05) is 73.7 Å². The van der Waals surface area contributed by atoms with Crippen molar-refractivity contribution in [3.05, 3.63) is 83.6 Å². The molecule has 7 heteroatoms. The van der Waals surface area contributed by atoms with Crippen molar-refractivity contribution in [2.45, 2.75) is 70.7 Å². The summed E-state index contributed by atoms with van der Waals surface area (Å²) in [5.74, 6) is -1.11. The zero-order chi connectivity index (χ0) is 27.4. The van der Waals surface area contributed by atoms with Crippen molar-refractivity contribution in [2.24, 2.45) is 17.3 Å². The molecule has 0 bridgehead atoms. The lowest BCUT2D eigenvalue weighted by Crippen LogP contribution is -2.60. The number of carbonyl (C=O) groups excluding carboxylic acids is 3. The molecule has 39 heavy (non-hydrogen) atoms. The Morgan fingerprint density at radius 3 is 2.31 bits per heavy atom. The minimum absolute atomic E-state index is 0.0121. The molecule has 0 radical (unpaired) electrons. The number of likely N-dealkylation sites (tertiary alicyclic amines) is 1. The first kappa shape index (κ1) is 27.1. The zero-order valence-electron chi connectivity index (χ0n) is 22.8. The summed E-state index contributed by atoms with van der Waals surface area (Å²) in [6, 6.07) is 19.4. The average molecular weight is 531 g/mol. The Kier molecular flexibility index (Phi) is 8.17. The monoisotopic (exact) mass is 530 g/mol. The minimum Gasteiger partial charge on any atom is -0.468 e. The Bertz CT molecular complexity index is 1210. The Labute approximate surface area is 230 Å². The Morgan fingerprint density at radius 1 is 1.03 bits per heavy atom. The molecule has 1 saturated carbocycles. The summed E-state index contributed by atoms with van der Waals surface area (Å²) in [6.45, 7) is 2.61. The van der Waals surface area contributed by atoms with Crippen LogP contribution in [0.25, 0.3) is 0 Å². The second kappa shape index (κ2) is 11.7. The predicted octanol–water partition coefficient (Wildman–Crippen LogP) is 4.76. The van der Waals surface area contributed by atoms with Crippen LogP contribution in [-0.2, 0) is 36.9 Å². The summed E-state index contributed by atoms with van der Waals surface area (Å²) in [7, 11) is 1.38. The third-order valence-corrected chi connectivity index (χ3v) is 8.67. The van der Waals surface area contributed by atoms with Crippen LogP contribution < -0.4 is 5.32 Å². The normalized spacial score (nSPS) is 27.0. The van der Waals surface area contributed by atoms with Crippen molar-refractivity contribution in [1.82, 2.24) is 10.2 Å². The van der Waals surface area contributed by atoms with Crippen LogP contribution in [0, 0.1) is 17.3 Å². The highest BCUT2D eigenvalue weighted by molar-refractivity contribution is 5.92. The molecule has 0 aromatic heterocycles. The Balaban J connectivity index is 1.48. The number of ether oxygens (including phenoxy) is 2. The highest BCUT2D eigenvalue weighted by atomic mass is 16.5. The summed E-state index contributed by atoms with van der Waals surface area (Å²) in [4.78, 5) is 42.5. The lowest BCUT2D eigenvalue weighted by atomic mass is 9.66. The number of piperidine rings is 1.